The fourth-order valence-electron chi connectivity index (χ4n) is 6.42. The molecule has 12 heteroatoms. The van der Waals surface area contributed by atoms with Crippen LogP contribution in [0.4, 0.5) is 13.6 Å². The predicted octanol–water partition coefficient (Wildman–Crippen LogP) is 3.51. The van der Waals surface area contributed by atoms with Crippen LogP contribution in [-0.2, 0) is 23.9 Å². The molecule has 0 aromatic rings. The summed E-state index contributed by atoms with van der Waals surface area (Å²) in [5, 5.41) is 7.75. The highest BCUT2D eigenvalue weighted by Crippen LogP contribution is 2.65. The molecule has 1 aliphatic heterocycles. The minimum Gasteiger partial charge on any atom is -0.444 e. The summed E-state index contributed by atoms with van der Waals surface area (Å²) in [6.45, 7) is 16.5. The lowest BCUT2D eigenvalue weighted by Crippen LogP contribution is -2.60. The number of Topliss-reactive ketones (excluding diaryl/α,β-unsaturated/α-hetero) is 1. The van der Waals surface area contributed by atoms with E-state index >= 15 is 0 Å². The minimum atomic E-state index is -2.84. The standard InChI is InChI=1S/C31H46F2N4O6/c1-8-10-11-20(24(38)26(40)34-16-9-2)35-25(39)23-21-19(30(21,6)7)17-37(23)27(41)22(36-28(42)43-29(3,4)5)18-12-14-31(32,33)15-13-18/h8-9,18-23H,1-2,10-17H2,3-7H3,(H,34,40)(H,35,39)(H,36,42)/t19-,20?,21-,22?,23?/m0/s1. The molecule has 0 aromatic carbocycles. The van der Waals surface area contributed by atoms with Crippen molar-refractivity contribution in [3.05, 3.63) is 25.3 Å². The predicted molar refractivity (Wildman–Crippen MR) is 156 cm³/mol. The van der Waals surface area contributed by atoms with Gasteiger partial charge in [0.1, 0.15) is 17.7 Å². The van der Waals surface area contributed by atoms with Gasteiger partial charge in [-0.25, -0.2) is 13.6 Å². The number of likely N-dealkylation sites (tertiary alicyclic amines) is 1. The fourth-order valence-corrected chi connectivity index (χ4v) is 6.42. The Labute approximate surface area is 252 Å². The highest BCUT2D eigenvalue weighted by molar-refractivity contribution is 6.38. The molecule has 3 rings (SSSR count). The van der Waals surface area contributed by atoms with E-state index in [1.807, 2.05) is 13.8 Å². The number of rotatable bonds is 12. The summed E-state index contributed by atoms with van der Waals surface area (Å²) in [5.41, 5.74) is -1.12. The normalized spacial score (nSPS) is 25.4. The second-order valence-corrected chi connectivity index (χ2v) is 13.5. The molecule has 0 radical (unpaired) electrons. The van der Waals surface area contributed by atoms with Crippen molar-refractivity contribution in [3.63, 3.8) is 0 Å². The summed E-state index contributed by atoms with van der Waals surface area (Å²) >= 11 is 0. The molecule has 2 saturated carbocycles. The van der Waals surface area contributed by atoms with Crippen molar-refractivity contribution >= 4 is 29.6 Å². The number of ether oxygens (including phenoxy) is 1. The summed E-state index contributed by atoms with van der Waals surface area (Å²) in [4.78, 5) is 67.6. The van der Waals surface area contributed by atoms with E-state index in [0.29, 0.717) is 6.42 Å². The Morgan fingerprint density at radius 3 is 2.23 bits per heavy atom. The maximum Gasteiger partial charge on any atom is 0.408 e. The Morgan fingerprint density at radius 2 is 1.67 bits per heavy atom. The summed E-state index contributed by atoms with van der Waals surface area (Å²) < 4.78 is 33.4. The molecule has 0 spiro atoms. The number of alkyl halides is 2. The van der Waals surface area contributed by atoms with Crippen LogP contribution in [0.2, 0.25) is 0 Å². The number of alkyl carbamates (subject to hydrolysis) is 1. The lowest BCUT2D eigenvalue weighted by atomic mass is 9.81. The highest BCUT2D eigenvalue weighted by Gasteiger charge is 2.69. The third-order valence-corrected chi connectivity index (χ3v) is 8.85. The van der Waals surface area contributed by atoms with Crippen LogP contribution in [-0.4, -0.2) is 77.2 Å². The third kappa shape index (κ3) is 8.20. The highest BCUT2D eigenvalue weighted by atomic mass is 19.3. The SMILES string of the molecule is C=CCCC(NC(=O)C1[C@@H]2[C@H](CN1C(=O)C(NC(=O)OC(C)(C)C)C1CCC(F)(F)CC1)C2(C)C)C(=O)C(=O)NCC=C. The van der Waals surface area contributed by atoms with Crippen molar-refractivity contribution in [1.82, 2.24) is 20.9 Å². The smallest absolute Gasteiger partial charge is 0.408 e. The molecule has 2 aliphatic carbocycles. The third-order valence-electron chi connectivity index (χ3n) is 8.85. The number of amides is 4. The van der Waals surface area contributed by atoms with Crippen molar-refractivity contribution in [2.45, 2.75) is 103 Å². The van der Waals surface area contributed by atoms with Gasteiger partial charge in [0.2, 0.25) is 23.5 Å². The quantitative estimate of drug-likeness (QED) is 0.229. The van der Waals surface area contributed by atoms with Crippen molar-refractivity contribution < 1.29 is 37.5 Å². The molecule has 3 aliphatic rings. The van der Waals surface area contributed by atoms with Gasteiger partial charge in [-0.2, -0.15) is 0 Å². The molecular weight excluding hydrogens is 562 g/mol. The van der Waals surface area contributed by atoms with E-state index in [1.54, 1.807) is 26.8 Å². The maximum atomic E-state index is 14.2. The average molecular weight is 609 g/mol. The van der Waals surface area contributed by atoms with Gasteiger partial charge in [-0.3, -0.25) is 19.2 Å². The molecule has 0 bridgehead atoms. The molecule has 0 aromatic heterocycles. The Hall–Kier alpha value is -3.31. The van der Waals surface area contributed by atoms with E-state index in [0.717, 1.165) is 0 Å². The maximum absolute atomic E-state index is 14.2. The van der Waals surface area contributed by atoms with Gasteiger partial charge in [-0.15, -0.1) is 13.2 Å². The Kier molecular flexibility index (Phi) is 10.4. The number of halogens is 2. The van der Waals surface area contributed by atoms with Crippen LogP contribution < -0.4 is 16.0 Å². The van der Waals surface area contributed by atoms with Gasteiger partial charge in [0.05, 0.1) is 6.04 Å². The first kappa shape index (κ1) is 34.2. The van der Waals surface area contributed by atoms with Gasteiger partial charge in [0.15, 0.2) is 0 Å². The van der Waals surface area contributed by atoms with Crippen LogP contribution in [0.1, 0.15) is 73.1 Å². The first-order valence-corrected chi connectivity index (χ1v) is 15.0. The van der Waals surface area contributed by atoms with E-state index in [-0.39, 0.29) is 49.6 Å². The van der Waals surface area contributed by atoms with E-state index in [9.17, 15) is 32.8 Å². The lowest BCUT2D eigenvalue weighted by molar-refractivity contribution is -0.145. The summed E-state index contributed by atoms with van der Waals surface area (Å²) in [5.74, 6) is -6.49. The number of nitrogens with zero attached hydrogens (tertiary/aromatic N) is 1. The molecule has 1 saturated heterocycles. The van der Waals surface area contributed by atoms with Gasteiger partial charge >= 0.3 is 6.09 Å². The van der Waals surface area contributed by atoms with Gasteiger partial charge in [-0.1, -0.05) is 26.0 Å². The van der Waals surface area contributed by atoms with Crippen molar-refractivity contribution in [3.8, 4) is 0 Å². The van der Waals surface area contributed by atoms with E-state index in [4.69, 9.17) is 4.74 Å². The van der Waals surface area contributed by atoms with Crippen LogP contribution in [0, 0.1) is 23.2 Å². The summed E-state index contributed by atoms with van der Waals surface area (Å²) in [7, 11) is 0. The second-order valence-electron chi connectivity index (χ2n) is 13.5. The number of ketones is 1. The van der Waals surface area contributed by atoms with Crippen LogP contribution in [0.25, 0.3) is 0 Å². The van der Waals surface area contributed by atoms with E-state index in [2.05, 4.69) is 29.1 Å². The van der Waals surface area contributed by atoms with E-state index < -0.39 is 78.0 Å². The Balaban J connectivity index is 1.87. The van der Waals surface area contributed by atoms with Gasteiger partial charge in [0, 0.05) is 25.9 Å². The number of carbonyl (C=O) groups is 5. The zero-order valence-electron chi connectivity index (χ0n) is 25.8. The monoisotopic (exact) mass is 608 g/mol. The van der Waals surface area contributed by atoms with Gasteiger partial charge in [-0.05, 0) is 69.6 Å². The molecule has 10 nitrogen and oxygen atoms in total. The van der Waals surface area contributed by atoms with Crippen LogP contribution in [0.3, 0.4) is 0 Å². The number of piperidine rings is 1. The fraction of sp³-hybridized carbons (Fsp3) is 0.710. The molecule has 3 unspecified atom stereocenters. The van der Waals surface area contributed by atoms with Crippen LogP contribution >= 0.6 is 0 Å². The molecule has 3 N–H and O–H groups in total. The van der Waals surface area contributed by atoms with Crippen molar-refractivity contribution in [1.29, 1.82) is 0 Å². The van der Waals surface area contributed by atoms with E-state index in [1.165, 1.54) is 11.0 Å². The minimum absolute atomic E-state index is 0.0108. The van der Waals surface area contributed by atoms with Crippen LogP contribution in [0.5, 0.6) is 0 Å². The number of fused-ring (bicyclic) bond motifs is 1. The molecular formula is C31H46F2N4O6. The van der Waals surface area contributed by atoms with Crippen molar-refractivity contribution in [2.24, 2.45) is 23.2 Å². The number of allylic oxidation sites excluding steroid dienone is 1. The average Bonchev–Trinajstić information content (AvgIpc) is 3.22. The summed E-state index contributed by atoms with van der Waals surface area (Å²) in [6.07, 6.45) is 1.82. The Morgan fingerprint density at radius 1 is 1.05 bits per heavy atom. The number of hydrogen-bond acceptors (Lipinski definition) is 6. The first-order chi connectivity index (χ1) is 19.9. The zero-order chi connectivity index (χ0) is 32.3. The van der Waals surface area contributed by atoms with Gasteiger partial charge in [0.25, 0.3) is 5.91 Å². The first-order valence-electron chi connectivity index (χ1n) is 15.0. The molecule has 4 amide bonds. The van der Waals surface area contributed by atoms with Crippen LogP contribution in [0.15, 0.2) is 25.3 Å². The molecule has 5 atom stereocenters. The Bertz CT molecular complexity index is 1120. The second kappa shape index (κ2) is 13.1. The molecule has 1 heterocycles. The molecule has 240 valence electrons. The topological polar surface area (TPSA) is 134 Å². The molecule has 43 heavy (non-hydrogen) atoms. The number of carbonyl (C=O) groups excluding carboxylic acids is 5. The largest absolute Gasteiger partial charge is 0.444 e. The summed E-state index contributed by atoms with van der Waals surface area (Å²) in [6, 6.07) is -3.30. The van der Waals surface area contributed by atoms with Crippen molar-refractivity contribution in [2.75, 3.05) is 13.1 Å². The lowest BCUT2D eigenvalue weighted by Gasteiger charge is -2.38. The number of nitrogens with one attached hydrogen (secondary N) is 3. The van der Waals surface area contributed by atoms with Gasteiger partial charge < -0.3 is 25.6 Å². The number of hydrogen-bond donors (Lipinski definition) is 3. The molecule has 3 fully saturated rings. The zero-order valence-corrected chi connectivity index (χ0v) is 25.8.